The number of rotatable bonds is 6. The summed E-state index contributed by atoms with van der Waals surface area (Å²) in [7, 11) is 0. The smallest absolute Gasteiger partial charge is 0.130 e. The van der Waals surface area contributed by atoms with E-state index in [1.165, 1.54) is 0 Å². The number of nitrogens with zero attached hydrogens (tertiary/aromatic N) is 1. The van der Waals surface area contributed by atoms with Crippen LogP contribution < -0.4 is 15.2 Å². The Kier molecular flexibility index (Phi) is 4.47. The van der Waals surface area contributed by atoms with E-state index in [1.807, 2.05) is 61.5 Å². The second-order valence-electron chi connectivity index (χ2n) is 5.09. The molecular formula is C18H19N3O2. The van der Waals surface area contributed by atoms with Crippen molar-refractivity contribution in [3.05, 3.63) is 60.3 Å². The Morgan fingerprint density at radius 1 is 0.957 bits per heavy atom. The summed E-state index contributed by atoms with van der Waals surface area (Å²) in [5.74, 6) is 1.63. The summed E-state index contributed by atoms with van der Waals surface area (Å²) in [6, 6.07) is 17.2. The van der Waals surface area contributed by atoms with Crippen LogP contribution in [-0.2, 0) is 6.61 Å². The van der Waals surface area contributed by atoms with Gasteiger partial charge in [0, 0.05) is 11.3 Å². The fourth-order valence-electron chi connectivity index (χ4n) is 2.20. The van der Waals surface area contributed by atoms with Crippen LogP contribution >= 0.6 is 0 Å². The summed E-state index contributed by atoms with van der Waals surface area (Å²) in [4.78, 5) is 0. The molecule has 118 valence electrons. The van der Waals surface area contributed by atoms with E-state index in [9.17, 15) is 0 Å². The predicted octanol–water partition coefficient (Wildman–Crippen LogP) is 3.64. The lowest BCUT2D eigenvalue weighted by Crippen LogP contribution is -1.95. The molecule has 0 aliphatic carbocycles. The van der Waals surface area contributed by atoms with Gasteiger partial charge in [-0.25, -0.2) is 0 Å². The summed E-state index contributed by atoms with van der Waals surface area (Å²) in [5.41, 5.74) is 9.19. The normalized spacial score (nSPS) is 10.5. The van der Waals surface area contributed by atoms with Gasteiger partial charge in [0.15, 0.2) is 0 Å². The summed E-state index contributed by atoms with van der Waals surface area (Å²) in [6.45, 7) is 3.05. The van der Waals surface area contributed by atoms with Gasteiger partial charge in [0.05, 0.1) is 18.0 Å². The Labute approximate surface area is 135 Å². The van der Waals surface area contributed by atoms with Crippen LogP contribution in [-0.4, -0.2) is 16.8 Å². The fraction of sp³-hybridized carbons (Fsp3) is 0.167. The molecule has 0 atom stereocenters. The molecular weight excluding hydrogens is 290 g/mol. The summed E-state index contributed by atoms with van der Waals surface area (Å²) >= 11 is 0. The van der Waals surface area contributed by atoms with E-state index in [1.54, 1.807) is 0 Å². The minimum atomic E-state index is 0.425. The first-order valence-corrected chi connectivity index (χ1v) is 7.50. The average molecular weight is 309 g/mol. The quantitative estimate of drug-likeness (QED) is 0.682. The number of aromatic amines is 1. The van der Waals surface area contributed by atoms with Crippen molar-refractivity contribution in [2.24, 2.45) is 0 Å². The maximum atomic E-state index is 5.70. The zero-order chi connectivity index (χ0) is 16.1. The van der Waals surface area contributed by atoms with Gasteiger partial charge >= 0.3 is 0 Å². The molecule has 0 bridgehead atoms. The van der Waals surface area contributed by atoms with Crippen molar-refractivity contribution in [2.45, 2.75) is 13.5 Å². The molecule has 0 aliphatic rings. The highest BCUT2D eigenvalue weighted by molar-refractivity contribution is 5.60. The largest absolute Gasteiger partial charge is 0.494 e. The number of nitrogens with one attached hydrogen (secondary N) is 1. The maximum Gasteiger partial charge on any atom is 0.130 e. The number of nitrogens with two attached hydrogens (primary N) is 1. The van der Waals surface area contributed by atoms with Gasteiger partial charge in [0.25, 0.3) is 0 Å². The molecule has 0 saturated heterocycles. The van der Waals surface area contributed by atoms with Crippen LogP contribution in [0.25, 0.3) is 11.3 Å². The molecule has 5 heteroatoms. The number of benzene rings is 2. The zero-order valence-corrected chi connectivity index (χ0v) is 13.0. The molecule has 0 aliphatic heterocycles. The lowest BCUT2D eigenvalue weighted by molar-refractivity contribution is 0.301. The average Bonchev–Trinajstić information content (AvgIpc) is 3.04. The highest BCUT2D eigenvalue weighted by Gasteiger charge is 2.05. The number of hydrogen-bond donors (Lipinski definition) is 2. The van der Waals surface area contributed by atoms with Crippen molar-refractivity contribution in [2.75, 3.05) is 12.3 Å². The molecule has 0 unspecified atom stereocenters. The lowest BCUT2D eigenvalue weighted by atomic mass is 10.1. The summed E-state index contributed by atoms with van der Waals surface area (Å²) in [6.07, 6.45) is 0. The van der Waals surface area contributed by atoms with E-state index < -0.39 is 0 Å². The van der Waals surface area contributed by atoms with E-state index in [0.717, 1.165) is 34.1 Å². The van der Waals surface area contributed by atoms with E-state index >= 15 is 0 Å². The van der Waals surface area contributed by atoms with Gasteiger partial charge in [-0.05, 0) is 61.5 Å². The van der Waals surface area contributed by atoms with Gasteiger partial charge in [-0.2, -0.15) is 5.10 Å². The van der Waals surface area contributed by atoms with Crippen LogP contribution in [0.3, 0.4) is 0 Å². The predicted molar refractivity (Wildman–Crippen MR) is 90.4 cm³/mol. The molecule has 5 nitrogen and oxygen atoms in total. The van der Waals surface area contributed by atoms with Crippen LogP contribution in [0.15, 0.2) is 54.6 Å². The maximum absolute atomic E-state index is 5.70. The van der Waals surface area contributed by atoms with Crippen molar-refractivity contribution < 1.29 is 9.47 Å². The molecule has 2 aromatic carbocycles. The second kappa shape index (κ2) is 6.87. The third-order valence-electron chi connectivity index (χ3n) is 3.37. The molecule has 0 saturated carbocycles. The Balaban J connectivity index is 1.64. The molecule has 0 amide bonds. The molecule has 3 rings (SSSR count). The Morgan fingerprint density at radius 3 is 2.30 bits per heavy atom. The van der Waals surface area contributed by atoms with Gasteiger partial charge in [-0.1, -0.05) is 0 Å². The third kappa shape index (κ3) is 3.83. The first-order chi connectivity index (χ1) is 11.2. The van der Waals surface area contributed by atoms with Crippen molar-refractivity contribution in [1.29, 1.82) is 0 Å². The first-order valence-electron chi connectivity index (χ1n) is 7.50. The number of anilines is 1. The first kappa shape index (κ1) is 15.0. The number of hydrogen-bond acceptors (Lipinski definition) is 4. The van der Waals surface area contributed by atoms with Crippen LogP contribution in [0, 0.1) is 0 Å². The van der Waals surface area contributed by atoms with E-state index in [2.05, 4.69) is 10.2 Å². The lowest BCUT2D eigenvalue weighted by Gasteiger charge is -2.04. The standard InChI is InChI=1S/C18H19N3O2/c1-2-22-16-7-3-13(4-8-16)18-11-15(20-21-18)12-23-17-9-5-14(19)6-10-17/h3-11H,2,12,19H2,1H3,(H,20,21). The topological polar surface area (TPSA) is 73.2 Å². The molecule has 23 heavy (non-hydrogen) atoms. The van der Waals surface area contributed by atoms with Crippen molar-refractivity contribution in [3.8, 4) is 22.8 Å². The van der Waals surface area contributed by atoms with Crippen LogP contribution in [0.1, 0.15) is 12.6 Å². The Bertz CT molecular complexity index is 749. The van der Waals surface area contributed by atoms with E-state index in [4.69, 9.17) is 15.2 Å². The van der Waals surface area contributed by atoms with Crippen molar-refractivity contribution in [1.82, 2.24) is 10.2 Å². The molecule has 3 N–H and O–H groups in total. The Morgan fingerprint density at radius 2 is 1.61 bits per heavy atom. The van der Waals surface area contributed by atoms with Gasteiger partial charge in [-0.15, -0.1) is 0 Å². The van der Waals surface area contributed by atoms with Gasteiger partial charge in [0.2, 0.25) is 0 Å². The van der Waals surface area contributed by atoms with Crippen molar-refractivity contribution >= 4 is 5.69 Å². The molecule has 1 aromatic heterocycles. The SMILES string of the molecule is CCOc1ccc(-c2cc(COc3ccc(N)cc3)[nH]n2)cc1. The third-order valence-corrected chi connectivity index (χ3v) is 3.37. The summed E-state index contributed by atoms with van der Waals surface area (Å²) in [5, 5.41) is 7.32. The highest BCUT2D eigenvalue weighted by atomic mass is 16.5. The van der Waals surface area contributed by atoms with Gasteiger partial charge in [0.1, 0.15) is 18.1 Å². The van der Waals surface area contributed by atoms with Crippen LogP contribution in [0.5, 0.6) is 11.5 Å². The van der Waals surface area contributed by atoms with Gasteiger partial charge in [-0.3, -0.25) is 5.10 Å². The monoisotopic (exact) mass is 309 g/mol. The van der Waals surface area contributed by atoms with Crippen LogP contribution in [0.2, 0.25) is 0 Å². The van der Waals surface area contributed by atoms with Gasteiger partial charge < -0.3 is 15.2 Å². The number of aromatic nitrogens is 2. The van der Waals surface area contributed by atoms with E-state index in [-0.39, 0.29) is 0 Å². The molecule has 0 spiro atoms. The summed E-state index contributed by atoms with van der Waals surface area (Å²) < 4.78 is 11.1. The van der Waals surface area contributed by atoms with Crippen LogP contribution in [0.4, 0.5) is 5.69 Å². The van der Waals surface area contributed by atoms with E-state index in [0.29, 0.717) is 13.2 Å². The minimum absolute atomic E-state index is 0.425. The second-order valence-corrected chi connectivity index (χ2v) is 5.09. The van der Waals surface area contributed by atoms with Crippen molar-refractivity contribution in [3.63, 3.8) is 0 Å². The Hall–Kier alpha value is -2.95. The highest BCUT2D eigenvalue weighted by Crippen LogP contribution is 2.22. The molecule has 1 heterocycles. The number of H-pyrrole nitrogens is 1. The molecule has 0 fully saturated rings. The molecule has 3 aromatic rings. The fourth-order valence-corrected chi connectivity index (χ4v) is 2.20. The zero-order valence-electron chi connectivity index (χ0n) is 13.0. The molecule has 0 radical (unpaired) electrons. The number of nitrogen functional groups attached to an aromatic ring is 1. The minimum Gasteiger partial charge on any atom is -0.494 e. The number of ether oxygens (including phenoxy) is 2.